The number of pyridine rings is 1. The van der Waals surface area contributed by atoms with Gasteiger partial charge in [-0.2, -0.15) is 0 Å². The molecular weight excluding hydrogens is 346 g/mol. The van der Waals surface area contributed by atoms with Gasteiger partial charge in [0.2, 0.25) is 0 Å². The first-order valence-electron chi connectivity index (χ1n) is 7.54. The second-order valence-corrected chi connectivity index (χ2v) is 6.95. The maximum Gasteiger partial charge on any atom is 0.311 e. The third-order valence-electron chi connectivity index (χ3n) is 4.37. The van der Waals surface area contributed by atoms with Gasteiger partial charge in [-0.1, -0.05) is 22.9 Å². The Hall–Kier alpha value is -1.69. The van der Waals surface area contributed by atoms with Crippen LogP contribution in [-0.4, -0.2) is 15.9 Å². The fourth-order valence-corrected chi connectivity index (χ4v) is 3.41. The molecular formula is C16H18BrN3O2. The fourth-order valence-electron chi connectivity index (χ4n) is 3.05. The summed E-state index contributed by atoms with van der Waals surface area (Å²) in [6, 6.07) is 5.95. The zero-order chi connectivity index (χ0) is 15.7. The number of nitro groups is 1. The van der Waals surface area contributed by atoms with Crippen molar-refractivity contribution in [1.82, 2.24) is 4.98 Å². The van der Waals surface area contributed by atoms with E-state index in [1.165, 1.54) is 6.20 Å². The van der Waals surface area contributed by atoms with E-state index in [-0.39, 0.29) is 10.6 Å². The minimum Gasteiger partial charge on any atom is -0.376 e. The monoisotopic (exact) mass is 363 g/mol. The van der Waals surface area contributed by atoms with Crippen molar-refractivity contribution in [3.63, 3.8) is 0 Å². The molecule has 1 saturated carbocycles. The highest BCUT2D eigenvalue weighted by atomic mass is 79.9. The second kappa shape index (κ2) is 6.20. The van der Waals surface area contributed by atoms with E-state index >= 15 is 0 Å². The van der Waals surface area contributed by atoms with Crippen LogP contribution in [0.1, 0.15) is 32.6 Å². The van der Waals surface area contributed by atoms with Gasteiger partial charge in [0.05, 0.1) is 10.4 Å². The molecule has 1 heterocycles. The number of hydrogen-bond acceptors (Lipinski definition) is 4. The van der Waals surface area contributed by atoms with Crippen LogP contribution in [0, 0.1) is 16.0 Å². The van der Waals surface area contributed by atoms with E-state index in [1.54, 1.807) is 0 Å². The molecule has 0 aliphatic heterocycles. The maximum atomic E-state index is 11.4. The van der Waals surface area contributed by atoms with E-state index in [0.29, 0.717) is 11.7 Å². The normalized spacial score (nSPS) is 21.7. The van der Waals surface area contributed by atoms with Crippen molar-refractivity contribution in [2.75, 3.05) is 5.32 Å². The lowest BCUT2D eigenvalue weighted by atomic mass is 9.87. The van der Waals surface area contributed by atoms with E-state index in [1.807, 2.05) is 18.2 Å². The predicted octanol–water partition coefficient (Wildman–Crippen LogP) is 4.90. The molecule has 3 rings (SSSR count). The van der Waals surface area contributed by atoms with E-state index < -0.39 is 0 Å². The van der Waals surface area contributed by atoms with Crippen molar-refractivity contribution in [3.05, 3.63) is 39.0 Å². The molecule has 0 bridgehead atoms. The van der Waals surface area contributed by atoms with Gasteiger partial charge in [-0.3, -0.25) is 10.1 Å². The Morgan fingerprint density at radius 2 is 2.05 bits per heavy atom. The molecule has 0 radical (unpaired) electrons. The zero-order valence-corrected chi connectivity index (χ0v) is 14.0. The molecule has 1 aliphatic rings. The number of hydrogen-bond donors (Lipinski definition) is 1. The molecule has 0 spiro atoms. The summed E-state index contributed by atoms with van der Waals surface area (Å²) in [6.07, 6.45) is 5.78. The molecule has 0 amide bonds. The van der Waals surface area contributed by atoms with Crippen LogP contribution in [-0.2, 0) is 0 Å². The quantitative estimate of drug-likeness (QED) is 0.622. The van der Waals surface area contributed by atoms with Crippen molar-refractivity contribution in [3.8, 4) is 0 Å². The summed E-state index contributed by atoms with van der Waals surface area (Å²) in [4.78, 5) is 15.2. The van der Waals surface area contributed by atoms with Gasteiger partial charge in [-0.05, 0) is 49.8 Å². The van der Waals surface area contributed by atoms with Gasteiger partial charge in [-0.15, -0.1) is 0 Å². The number of benzene rings is 1. The molecule has 0 atom stereocenters. The highest BCUT2D eigenvalue weighted by Gasteiger charge is 2.24. The van der Waals surface area contributed by atoms with Crippen molar-refractivity contribution >= 4 is 38.2 Å². The van der Waals surface area contributed by atoms with E-state index in [9.17, 15) is 10.1 Å². The third-order valence-corrected chi connectivity index (χ3v) is 4.86. The molecule has 0 unspecified atom stereocenters. The average Bonchev–Trinajstić information content (AvgIpc) is 2.49. The highest BCUT2D eigenvalue weighted by Crippen LogP contribution is 2.35. The molecule has 1 N–H and O–H groups in total. The Labute approximate surface area is 137 Å². The lowest BCUT2D eigenvalue weighted by Crippen LogP contribution is -2.25. The van der Waals surface area contributed by atoms with E-state index in [4.69, 9.17) is 0 Å². The summed E-state index contributed by atoms with van der Waals surface area (Å²) >= 11 is 3.44. The van der Waals surface area contributed by atoms with Crippen molar-refractivity contribution < 1.29 is 4.92 Å². The molecule has 1 aromatic heterocycles. The SMILES string of the molecule is CC1CCC(Nc2c([N+](=O)[O-])cnc3ccc(Br)cc23)CC1. The summed E-state index contributed by atoms with van der Waals surface area (Å²) in [7, 11) is 0. The molecule has 22 heavy (non-hydrogen) atoms. The fraction of sp³-hybridized carbons (Fsp3) is 0.438. The second-order valence-electron chi connectivity index (χ2n) is 6.04. The molecule has 5 nitrogen and oxygen atoms in total. The summed E-state index contributed by atoms with van der Waals surface area (Å²) in [5, 5.41) is 15.6. The standard InChI is InChI=1S/C16H18BrN3O2/c1-10-2-5-12(6-3-10)19-16-13-8-11(17)4-7-14(13)18-9-15(16)20(21)22/h4,7-10,12H,2-3,5-6H2,1H3,(H,18,19). The summed E-state index contributed by atoms with van der Waals surface area (Å²) in [5.41, 5.74) is 1.40. The van der Waals surface area contributed by atoms with Gasteiger partial charge >= 0.3 is 5.69 Å². The number of nitrogens with zero attached hydrogens (tertiary/aromatic N) is 2. The van der Waals surface area contributed by atoms with Gasteiger partial charge in [0.25, 0.3) is 0 Å². The minimum absolute atomic E-state index is 0.0456. The van der Waals surface area contributed by atoms with Crippen LogP contribution in [0.2, 0.25) is 0 Å². The lowest BCUT2D eigenvalue weighted by molar-refractivity contribution is -0.384. The first-order chi connectivity index (χ1) is 10.5. The van der Waals surface area contributed by atoms with Gasteiger partial charge in [0.1, 0.15) is 11.9 Å². The van der Waals surface area contributed by atoms with Gasteiger partial charge in [-0.25, -0.2) is 4.98 Å². The molecule has 0 saturated heterocycles. The minimum atomic E-state index is -0.360. The average molecular weight is 364 g/mol. The lowest BCUT2D eigenvalue weighted by Gasteiger charge is -2.28. The Morgan fingerprint density at radius 1 is 1.32 bits per heavy atom. The van der Waals surface area contributed by atoms with Crippen molar-refractivity contribution in [1.29, 1.82) is 0 Å². The molecule has 6 heteroatoms. The zero-order valence-electron chi connectivity index (χ0n) is 12.4. The maximum absolute atomic E-state index is 11.4. The van der Waals surface area contributed by atoms with Crippen molar-refractivity contribution in [2.45, 2.75) is 38.6 Å². The first kappa shape index (κ1) is 15.2. The number of aromatic nitrogens is 1. The summed E-state index contributed by atoms with van der Waals surface area (Å²) < 4.78 is 0.891. The number of anilines is 1. The molecule has 116 valence electrons. The van der Waals surface area contributed by atoms with Gasteiger partial charge in [0.15, 0.2) is 0 Å². The summed E-state index contributed by atoms with van der Waals surface area (Å²) in [5.74, 6) is 0.747. The Morgan fingerprint density at radius 3 is 2.73 bits per heavy atom. The van der Waals surface area contributed by atoms with Crippen LogP contribution in [0.3, 0.4) is 0 Å². The third kappa shape index (κ3) is 3.06. The van der Waals surface area contributed by atoms with Crippen LogP contribution in [0.5, 0.6) is 0 Å². The first-order valence-corrected chi connectivity index (χ1v) is 8.33. The van der Waals surface area contributed by atoms with Crippen LogP contribution in [0.4, 0.5) is 11.4 Å². The molecule has 1 aromatic carbocycles. The van der Waals surface area contributed by atoms with E-state index in [0.717, 1.165) is 47.0 Å². The van der Waals surface area contributed by atoms with Gasteiger partial charge < -0.3 is 5.32 Å². The Bertz CT molecular complexity index is 712. The number of halogens is 1. The Balaban J connectivity index is 2.02. The topological polar surface area (TPSA) is 68.1 Å². The van der Waals surface area contributed by atoms with Crippen LogP contribution in [0.15, 0.2) is 28.9 Å². The molecule has 1 aliphatic carbocycles. The van der Waals surface area contributed by atoms with Crippen LogP contribution in [0.25, 0.3) is 10.9 Å². The van der Waals surface area contributed by atoms with Crippen molar-refractivity contribution in [2.24, 2.45) is 5.92 Å². The molecule has 2 aromatic rings. The van der Waals surface area contributed by atoms with Crippen LogP contribution < -0.4 is 5.32 Å². The number of rotatable bonds is 3. The predicted molar refractivity (Wildman–Crippen MR) is 91.1 cm³/mol. The van der Waals surface area contributed by atoms with E-state index in [2.05, 4.69) is 33.2 Å². The van der Waals surface area contributed by atoms with Crippen LogP contribution >= 0.6 is 15.9 Å². The largest absolute Gasteiger partial charge is 0.376 e. The summed E-state index contributed by atoms with van der Waals surface area (Å²) in [6.45, 7) is 2.26. The molecule has 1 fully saturated rings. The number of nitrogens with one attached hydrogen (secondary N) is 1. The smallest absolute Gasteiger partial charge is 0.311 e. The Kier molecular flexibility index (Phi) is 4.29. The number of fused-ring (bicyclic) bond motifs is 1. The highest BCUT2D eigenvalue weighted by molar-refractivity contribution is 9.10. The van der Waals surface area contributed by atoms with Gasteiger partial charge in [0, 0.05) is 15.9 Å².